The van der Waals surface area contributed by atoms with Crippen LogP contribution in [0.25, 0.3) is 10.9 Å². The minimum absolute atomic E-state index is 0.0468. The van der Waals surface area contributed by atoms with Gasteiger partial charge < -0.3 is 9.94 Å². The summed E-state index contributed by atoms with van der Waals surface area (Å²) in [5.74, 6) is -0.650. The molecule has 0 unspecified atom stereocenters. The van der Waals surface area contributed by atoms with E-state index in [1.54, 1.807) is 4.57 Å². The van der Waals surface area contributed by atoms with Gasteiger partial charge in [0.1, 0.15) is 0 Å². The molecule has 0 fully saturated rings. The third kappa shape index (κ3) is 4.60. The smallest absolute Gasteiger partial charge is 0.304 e. The van der Waals surface area contributed by atoms with Crippen LogP contribution in [-0.2, 0) is 16.3 Å². The van der Waals surface area contributed by atoms with Gasteiger partial charge in [0.25, 0.3) is 0 Å². The Hall–Kier alpha value is -3.52. The Bertz CT molecular complexity index is 1010. The van der Waals surface area contributed by atoms with Crippen molar-refractivity contribution >= 4 is 28.7 Å². The number of carbonyl (C=O) groups is 1. The standard InChI is InChI=1S/C20H21N5O3/c1-24(2)14-25-17-11-7-6-10-16(17)19(20(25)27)23-22-18(26)13-28-21-12-15-8-4-3-5-9-15/h3-12,27H,13-14H2,1-2H3/b21-12-,23-22?. The maximum Gasteiger partial charge on any atom is 0.304 e. The lowest BCUT2D eigenvalue weighted by Crippen LogP contribution is -2.16. The highest BCUT2D eigenvalue weighted by Gasteiger charge is 2.17. The zero-order valence-electron chi connectivity index (χ0n) is 15.7. The van der Waals surface area contributed by atoms with E-state index in [0.717, 1.165) is 11.1 Å². The largest absolute Gasteiger partial charge is 0.493 e. The van der Waals surface area contributed by atoms with Gasteiger partial charge in [0.2, 0.25) is 5.88 Å². The van der Waals surface area contributed by atoms with E-state index in [1.165, 1.54) is 6.21 Å². The molecule has 0 radical (unpaired) electrons. The van der Waals surface area contributed by atoms with Crippen LogP contribution in [0.15, 0.2) is 70.0 Å². The van der Waals surface area contributed by atoms with Gasteiger partial charge in [-0.2, -0.15) is 0 Å². The molecule has 0 saturated heterocycles. The number of oxime groups is 1. The quantitative estimate of drug-likeness (QED) is 0.386. The molecule has 1 amide bonds. The van der Waals surface area contributed by atoms with Crippen molar-refractivity contribution in [3.8, 4) is 5.88 Å². The zero-order chi connectivity index (χ0) is 19.9. The van der Waals surface area contributed by atoms with Crippen LogP contribution < -0.4 is 0 Å². The number of rotatable bonds is 7. The van der Waals surface area contributed by atoms with Crippen LogP contribution >= 0.6 is 0 Å². The number of aromatic nitrogens is 1. The Balaban J connectivity index is 1.69. The summed E-state index contributed by atoms with van der Waals surface area (Å²) in [6, 6.07) is 16.8. The number of benzene rings is 2. The number of fused-ring (bicyclic) bond motifs is 1. The number of para-hydroxylation sites is 1. The van der Waals surface area contributed by atoms with Crippen LogP contribution in [0.4, 0.5) is 5.69 Å². The molecule has 1 heterocycles. The van der Waals surface area contributed by atoms with Crippen molar-refractivity contribution in [3.05, 3.63) is 60.2 Å². The molecule has 1 aromatic heterocycles. The molecule has 144 valence electrons. The molecule has 28 heavy (non-hydrogen) atoms. The van der Waals surface area contributed by atoms with Gasteiger partial charge in [0.05, 0.1) is 18.4 Å². The van der Waals surface area contributed by atoms with E-state index < -0.39 is 5.91 Å². The maximum absolute atomic E-state index is 11.9. The van der Waals surface area contributed by atoms with E-state index in [1.807, 2.05) is 73.6 Å². The molecule has 1 N–H and O–H groups in total. The summed E-state index contributed by atoms with van der Waals surface area (Å²) in [5, 5.41) is 22.6. The number of azo groups is 1. The van der Waals surface area contributed by atoms with Crippen molar-refractivity contribution in [2.75, 3.05) is 20.7 Å². The lowest BCUT2D eigenvalue weighted by molar-refractivity contribution is -0.122. The zero-order valence-corrected chi connectivity index (χ0v) is 15.7. The molecule has 0 saturated carbocycles. The molecule has 0 bridgehead atoms. The molecule has 0 aliphatic heterocycles. The molecular weight excluding hydrogens is 358 g/mol. The number of aromatic hydroxyl groups is 1. The average Bonchev–Trinajstić information content (AvgIpc) is 2.95. The van der Waals surface area contributed by atoms with Crippen LogP contribution in [0.1, 0.15) is 5.56 Å². The molecule has 8 nitrogen and oxygen atoms in total. The summed E-state index contributed by atoms with van der Waals surface area (Å²) in [6.07, 6.45) is 1.51. The fourth-order valence-electron chi connectivity index (χ4n) is 2.66. The van der Waals surface area contributed by atoms with Crippen molar-refractivity contribution in [2.45, 2.75) is 6.67 Å². The van der Waals surface area contributed by atoms with Gasteiger partial charge in [0.15, 0.2) is 12.3 Å². The third-order valence-electron chi connectivity index (χ3n) is 3.87. The van der Waals surface area contributed by atoms with Gasteiger partial charge in [-0.3, -0.25) is 14.3 Å². The minimum atomic E-state index is -0.603. The molecule has 8 heteroatoms. The first-order chi connectivity index (χ1) is 13.6. The van der Waals surface area contributed by atoms with E-state index in [4.69, 9.17) is 4.84 Å². The molecule has 0 aliphatic rings. The number of hydrogen-bond acceptors (Lipinski definition) is 6. The van der Waals surface area contributed by atoms with Gasteiger partial charge in [-0.05, 0) is 25.7 Å². The maximum atomic E-state index is 11.9. The first-order valence-corrected chi connectivity index (χ1v) is 8.66. The monoisotopic (exact) mass is 379 g/mol. The summed E-state index contributed by atoms with van der Waals surface area (Å²) in [7, 11) is 3.79. The molecule has 3 aromatic rings. The highest BCUT2D eigenvalue weighted by atomic mass is 16.6. The van der Waals surface area contributed by atoms with Crippen LogP contribution in [0.3, 0.4) is 0 Å². The molecule has 2 aromatic carbocycles. The van der Waals surface area contributed by atoms with Crippen LogP contribution in [-0.4, -0.2) is 47.4 Å². The van der Waals surface area contributed by atoms with Gasteiger partial charge in [-0.15, -0.1) is 10.2 Å². The van der Waals surface area contributed by atoms with Crippen molar-refractivity contribution < 1.29 is 14.7 Å². The van der Waals surface area contributed by atoms with E-state index in [0.29, 0.717) is 12.1 Å². The Morgan fingerprint density at radius 1 is 1.14 bits per heavy atom. The fraction of sp³-hybridized carbons (Fsp3) is 0.200. The van der Waals surface area contributed by atoms with Crippen LogP contribution in [0.2, 0.25) is 0 Å². The number of carbonyl (C=O) groups excluding carboxylic acids is 1. The Kier molecular flexibility index (Phi) is 6.13. The van der Waals surface area contributed by atoms with Gasteiger partial charge in [-0.1, -0.05) is 53.7 Å². The Morgan fingerprint density at radius 2 is 1.86 bits per heavy atom. The second-order valence-corrected chi connectivity index (χ2v) is 6.35. The predicted octanol–water partition coefficient (Wildman–Crippen LogP) is 3.53. The summed E-state index contributed by atoms with van der Waals surface area (Å²) < 4.78 is 1.70. The molecule has 0 aliphatic carbocycles. The topological polar surface area (TPSA) is 91.8 Å². The normalized spacial score (nSPS) is 11.8. The van der Waals surface area contributed by atoms with Crippen molar-refractivity contribution in [3.63, 3.8) is 0 Å². The highest BCUT2D eigenvalue weighted by molar-refractivity contribution is 5.95. The van der Waals surface area contributed by atoms with E-state index in [9.17, 15) is 9.90 Å². The van der Waals surface area contributed by atoms with Gasteiger partial charge in [-0.25, -0.2) is 0 Å². The van der Waals surface area contributed by atoms with E-state index in [2.05, 4.69) is 15.4 Å². The second kappa shape index (κ2) is 8.92. The lowest BCUT2D eigenvalue weighted by Gasteiger charge is -2.12. The third-order valence-corrected chi connectivity index (χ3v) is 3.87. The SMILES string of the molecule is CN(C)Cn1c(O)c(N=NC(=O)CO/N=C\c2ccccc2)c2ccccc21. The van der Waals surface area contributed by atoms with E-state index >= 15 is 0 Å². The number of amides is 1. The van der Waals surface area contributed by atoms with Crippen LogP contribution in [0.5, 0.6) is 5.88 Å². The Labute approximate surface area is 162 Å². The summed E-state index contributed by atoms with van der Waals surface area (Å²) in [5.41, 5.74) is 1.91. The van der Waals surface area contributed by atoms with Crippen molar-refractivity contribution in [1.82, 2.24) is 9.47 Å². The minimum Gasteiger partial charge on any atom is -0.493 e. The summed E-state index contributed by atoms with van der Waals surface area (Å²) in [6.45, 7) is 0.122. The van der Waals surface area contributed by atoms with Crippen molar-refractivity contribution in [2.24, 2.45) is 15.4 Å². The summed E-state index contributed by atoms with van der Waals surface area (Å²) >= 11 is 0. The van der Waals surface area contributed by atoms with Gasteiger partial charge >= 0.3 is 5.91 Å². The molecular formula is C20H21N5O3. The van der Waals surface area contributed by atoms with Gasteiger partial charge in [0, 0.05) is 5.39 Å². The van der Waals surface area contributed by atoms with Crippen molar-refractivity contribution in [1.29, 1.82) is 0 Å². The number of nitrogens with zero attached hydrogens (tertiary/aromatic N) is 5. The predicted molar refractivity (Wildman–Crippen MR) is 107 cm³/mol. The molecule has 3 rings (SSSR count). The fourth-order valence-corrected chi connectivity index (χ4v) is 2.66. The van der Waals surface area contributed by atoms with E-state index in [-0.39, 0.29) is 18.2 Å². The Morgan fingerprint density at radius 3 is 2.61 bits per heavy atom. The molecule has 0 spiro atoms. The first kappa shape index (κ1) is 19.2. The number of hydrogen-bond donors (Lipinski definition) is 1. The second-order valence-electron chi connectivity index (χ2n) is 6.35. The lowest BCUT2D eigenvalue weighted by atomic mass is 10.2. The molecule has 0 atom stereocenters. The first-order valence-electron chi connectivity index (χ1n) is 8.66. The average molecular weight is 379 g/mol. The summed E-state index contributed by atoms with van der Waals surface area (Å²) in [4.78, 5) is 18.8. The highest BCUT2D eigenvalue weighted by Crippen LogP contribution is 2.38. The van der Waals surface area contributed by atoms with Crippen LogP contribution in [0, 0.1) is 0 Å².